The van der Waals surface area contributed by atoms with Crippen molar-refractivity contribution in [3.63, 3.8) is 0 Å². The van der Waals surface area contributed by atoms with E-state index in [9.17, 15) is 4.79 Å². The molecule has 19 heavy (non-hydrogen) atoms. The van der Waals surface area contributed by atoms with E-state index in [2.05, 4.69) is 46.0 Å². The highest BCUT2D eigenvalue weighted by atomic mass is 79.9. The fraction of sp³-hybridized carbons (Fsp3) is 0.500. The van der Waals surface area contributed by atoms with Crippen LogP contribution in [-0.4, -0.2) is 36.9 Å². The Bertz CT molecular complexity index is 464. The molecule has 0 amide bonds. The number of morpholine rings is 1. The second kappa shape index (κ2) is 6.39. The van der Waals surface area contributed by atoms with Gasteiger partial charge in [-0.25, -0.2) is 0 Å². The Labute approximate surface area is 121 Å². The highest BCUT2D eigenvalue weighted by Crippen LogP contribution is 2.27. The largest absolute Gasteiger partial charge is 0.481 e. The summed E-state index contributed by atoms with van der Waals surface area (Å²) in [6.07, 6.45) is 0.790. The van der Waals surface area contributed by atoms with Crippen molar-refractivity contribution in [1.82, 2.24) is 0 Å². The lowest BCUT2D eigenvalue weighted by atomic mass is 10.1. The molecule has 5 heteroatoms. The molecule has 1 aliphatic heterocycles. The van der Waals surface area contributed by atoms with E-state index in [1.165, 1.54) is 5.56 Å². The standard InChI is InChI=1S/C14H18BrNO3/c1-10-2-3-11(8-13(10)15)16-6-7-19-9-12(16)4-5-14(17)18/h2-3,8,12H,4-7,9H2,1H3,(H,17,18). The Morgan fingerprint density at radius 3 is 3.05 bits per heavy atom. The molecule has 1 aromatic carbocycles. The van der Waals surface area contributed by atoms with E-state index in [1.807, 2.05) is 0 Å². The first-order valence-corrected chi connectivity index (χ1v) is 7.19. The molecule has 0 radical (unpaired) electrons. The molecule has 4 nitrogen and oxygen atoms in total. The molecular formula is C14H18BrNO3. The van der Waals surface area contributed by atoms with Gasteiger partial charge in [-0.15, -0.1) is 0 Å². The highest BCUT2D eigenvalue weighted by Gasteiger charge is 2.24. The van der Waals surface area contributed by atoms with Gasteiger partial charge < -0.3 is 14.7 Å². The number of carboxylic acid groups (broad SMARTS) is 1. The minimum atomic E-state index is -0.754. The molecule has 2 rings (SSSR count). The Balaban J connectivity index is 2.13. The van der Waals surface area contributed by atoms with E-state index in [0.717, 1.165) is 16.7 Å². The molecule has 104 valence electrons. The zero-order valence-electron chi connectivity index (χ0n) is 10.9. The van der Waals surface area contributed by atoms with Crippen molar-refractivity contribution in [3.05, 3.63) is 28.2 Å². The summed E-state index contributed by atoms with van der Waals surface area (Å²) in [5.41, 5.74) is 2.32. The maximum Gasteiger partial charge on any atom is 0.303 e. The van der Waals surface area contributed by atoms with Crippen LogP contribution >= 0.6 is 15.9 Å². The van der Waals surface area contributed by atoms with Crippen molar-refractivity contribution in [2.45, 2.75) is 25.8 Å². The van der Waals surface area contributed by atoms with E-state index >= 15 is 0 Å². The summed E-state index contributed by atoms with van der Waals surface area (Å²) in [7, 11) is 0. The number of aliphatic carboxylic acids is 1. The molecule has 1 saturated heterocycles. The van der Waals surface area contributed by atoms with Crippen LogP contribution in [0.15, 0.2) is 22.7 Å². The SMILES string of the molecule is Cc1ccc(N2CCOCC2CCC(=O)O)cc1Br. The molecule has 1 atom stereocenters. The van der Waals surface area contributed by atoms with E-state index in [4.69, 9.17) is 9.84 Å². The first kappa shape index (κ1) is 14.3. The van der Waals surface area contributed by atoms with Crippen LogP contribution < -0.4 is 4.90 Å². The quantitative estimate of drug-likeness (QED) is 0.923. The van der Waals surface area contributed by atoms with Crippen molar-refractivity contribution in [1.29, 1.82) is 0 Å². The molecule has 1 unspecified atom stereocenters. The van der Waals surface area contributed by atoms with E-state index in [1.54, 1.807) is 0 Å². The topological polar surface area (TPSA) is 49.8 Å². The van der Waals surface area contributed by atoms with Gasteiger partial charge in [-0.2, -0.15) is 0 Å². The fourth-order valence-electron chi connectivity index (χ4n) is 2.28. The van der Waals surface area contributed by atoms with E-state index in [-0.39, 0.29) is 12.5 Å². The van der Waals surface area contributed by atoms with Gasteiger partial charge in [0.2, 0.25) is 0 Å². The maximum atomic E-state index is 10.7. The van der Waals surface area contributed by atoms with Gasteiger partial charge >= 0.3 is 5.97 Å². The van der Waals surface area contributed by atoms with Gasteiger partial charge in [-0.1, -0.05) is 22.0 Å². The lowest BCUT2D eigenvalue weighted by Crippen LogP contribution is -2.45. The minimum absolute atomic E-state index is 0.138. The van der Waals surface area contributed by atoms with Crippen LogP contribution in [0.3, 0.4) is 0 Å². The molecule has 0 saturated carbocycles. The second-order valence-corrected chi connectivity index (χ2v) is 5.64. The number of ether oxygens (including phenoxy) is 1. The van der Waals surface area contributed by atoms with Gasteiger partial charge in [0.15, 0.2) is 0 Å². The number of anilines is 1. The Morgan fingerprint density at radius 1 is 1.58 bits per heavy atom. The zero-order chi connectivity index (χ0) is 13.8. The molecule has 1 fully saturated rings. The number of hydrogen-bond donors (Lipinski definition) is 1. The summed E-state index contributed by atoms with van der Waals surface area (Å²) in [4.78, 5) is 13.0. The van der Waals surface area contributed by atoms with Crippen LogP contribution in [0.25, 0.3) is 0 Å². The van der Waals surface area contributed by atoms with Gasteiger partial charge in [0.1, 0.15) is 0 Å². The first-order valence-electron chi connectivity index (χ1n) is 6.40. The van der Waals surface area contributed by atoms with Crippen LogP contribution in [0, 0.1) is 6.92 Å². The highest BCUT2D eigenvalue weighted by molar-refractivity contribution is 9.10. The van der Waals surface area contributed by atoms with E-state index < -0.39 is 5.97 Å². The number of carboxylic acids is 1. The lowest BCUT2D eigenvalue weighted by Gasteiger charge is -2.37. The maximum absolute atomic E-state index is 10.7. The smallest absolute Gasteiger partial charge is 0.303 e. The predicted octanol–water partition coefficient (Wildman–Crippen LogP) is 2.83. The third-order valence-corrected chi connectivity index (χ3v) is 4.26. The van der Waals surface area contributed by atoms with Crippen molar-refractivity contribution in [3.8, 4) is 0 Å². The zero-order valence-corrected chi connectivity index (χ0v) is 12.5. The molecule has 0 aromatic heterocycles. The molecule has 0 spiro atoms. The van der Waals surface area contributed by atoms with Crippen LogP contribution in [-0.2, 0) is 9.53 Å². The van der Waals surface area contributed by atoms with Crippen molar-refractivity contribution in [2.24, 2.45) is 0 Å². The van der Waals surface area contributed by atoms with Gasteiger partial charge in [-0.05, 0) is 31.0 Å². The number of benzene rings is 1. The number of hydrogen-bond acceptors (Lipinski definition) is 3. The van der Waals surface area contributed by atoms with Crippen molar-refractivity contribution < 1.29 is 14.6 Å². The normalized spacial score (nSPS) is 19.5. The Kier molecular flexibility index (Phi) is 4.82. The van der Waals surface area contributed by atoms with Crippen LogP contribution in [0.4, 0.5) is 5.69 Å². The number of nitrogens with zero attached hydrogens (tertiary/aromatic N) is 1. The number of aryl methyl sites for hydroxylation is 1. The monoisotopic (exact) mass is 327 g/mol. The number of rotatable bonds is 4. The van der Waals surface area contributed by atoms with Crippen molar-refractivity contribution >= 4 is 27.6 Å². The Morgan fingerprint density at radius 2 is 2.37 bits per heavy atom. The average Bonchev–Trinajstić information content (AvgIpc) is 2.40. The summed E-state index contributed by atoms with van der Waals surface area (Å²) in [6, 6.07) is 6.39. The predicted molar refractivity (Wildman–Crippen MR) is 77.7 cm³/mol. The summed E-state index contributed by atoms with van der Waals surface area (Å²) in [6.45, 7) is 4.14. The summed E-state index contributed by atoms with van der Waals surface area (Å²) >= 11 is 3.54. The molecule has 1 heterocycles. The lowest BCUT2D eigenvalue weighted by molar-refractivity contribution is -0.137. The number of halogens is 1. The molecule has 1 aromatic rings. The van der Waals surface area contributed by atoms with Gasteiger partial charge in [0, 0.05) is 23.1 Å². The summed E-state index contributed by atoms with van der Waals surface area (Å²) < 4.78 is 6.55. The average molecular weight is 328 g/mol. The number of carbonyl (C=O) groups is 1. The van der Waals surface area contributed by atoms with E-state index in [0.29, 0.717) is 19.6 Å². The third kappa shape index (κ3) is 3.70. The molecule has 1 aliphatic rings. The summed E-state index contributed by atoms with van der Waals surface area (Å²) in [5, 5.41) is 8.81. The van der Waals surface area contributed by atoms with Crippen LogP contribution in [0.5, 0.6) is 0 Å². The molecule has 0 aliphatic carbocycles. The van der Waals surface area contributed by atoms with Gasteiger partial charge in [-0.3, -0.25) is 4.79 Å². The molecular weight excluding hydrogens is 310 g/mol. The fourth-order valence-corrected chi connectivity index (χ4v) is 2.65. The Hall–Kier alpha value is -1.07. The third-order valence-electron chi connectivity index (χ3n) is 3.41. The van der Waals surface area contributed by atoms with Crippen molar-refractivity contribution in [2.75, 3.05) is 24.7 Å². The molecule has 0 bridgehead atoms. The second-order valence-electron chi connectivity index (χ2n) is 4.79. The first-order chi connectivity index (χ1) is 9.08. The molecule has 1 N–H and O–H groups in total. The summed E-state index contributed by atoms with van der Waals surface area (Å²) in [5.74, 6) is -0.754. The van der Waals surface area contributed by atoms with Gasteiger partial charge in [0.05, 0.1) is 19.3 Å². The minimum Gasteiger partial charge on any atom is -0.481 e. The van der Waals surface area contributed by atoms with Crippen LogP contribution in [0.2, 0.25) is 0 Å². The van der Waals surface area contributed by atoms with Gasteiger partial charge in [0.25, 0.3) is 0 Å². The van der Waals surface area contributed by atoms with Crippen LogP contribution in [0.1, 0.15) is 18.4 Å².